The molecule has 0 spiro atoms. The number of rotatable bonds is 1. The Balaban J connectivity index is 2.37. The minimum atomic E-state index is -2.75. The van der Waals surface area contributed by atoms with Gasteiger partial charge in [-0.15, -0.1) is 0 Å². The van der Waals surface area contributed by atoms with E-state index in [4.69, 9.17) is 10.5 Å². The Bertz CT molecular complexity index is 595. The zero-order valence-corrected chi connectivity index (χ0v) is 14.5. The molecule has 23 heavy (non-hydrogen) atoms. The second kappa shape index (κ2) is 7.11. The number of nitrogens with zero attached hydrogens (tertiary/aromatic N) is 1. The third-order valence-corrected chi connectivity index (χ3v) is 4.50. The molecule has 0 aromatic heterocycles. The number of amidine groups is 1. The van der Waals surface area contributed by atoms with Gasteiger partial charge in [0.1, 0.15) is 5.82 Å². The lowest BCUT2D eigenvalue weighted by Gasteiger charge is -2.27. The molecule has 0 saturated heterocycles. The largest absolute Gasteiger partial charge is 0.465 e. The molecular formula is C16H20BrF3N2O. The van der Waals surface area contributed by atoms with Gasteiger partial charge in [0.15, 0.2) is 0 Å². The van der Waals surface area contributed by atoms with Gasteiger partial charge in [-0.3, -0.25) is 0 Å². The third-order valence-electron chi connectivity index (χ3n) is 4.01. The van der Waals surface area contributed by atoms with Crippen LogP contribution in [0.2, 0.25) is 0 Å². The van der Waals surface area contributed by atoms with Crippen molar-refractivity contribution in [3.63, 3.8) is 0 Å². The number of hydrogen-bond acceptors (Lipinski definition) is 3. The quantitative estimate of drug-likeness (QED) is 0.750. The van der Waals surface area contributed by atoms with Crippen molar-refractivity contribution < 1.29 is 17.9 Å². The average Bonchev–Trinajstić information content (AvgIpc) is 2.47. The maximum absolute atomic E-state index is 14.3. The minimum Gasteiger partial charge on any atom is -0.465 e. The van der Waals surface area contributed by atoms with Gasteiger partial charge in [0.05, 0.1) is 12.1 Å². The van der Waals surface area contributed by atoms with Crippen LogP contribution in [0.5, 0.6) is 0 Å². The van der Waals surface area contributed by atoms with Crippen LogP contribution in [0.3, 0.4) is 0 Å². The van der Waals surface area contributed by atoms with E-state index >= 15 is 0 Å². The van der Waals surface area contributed by atoms with Crippen LogP contribution in [-0.2, 0) is 10.3 Å². The first-order valence-corrected chi connectivity index (χ1v) is 8.33. The summed E-state index contributed by atoms with van der Waals surface area (Å²) in [4.78, 5) is 4.30. The normalized spacial score (nSPS) is 25.9. The third kappa shape index (κ3) is 4.86. The second-order valence-corrected chi connectivity index (χ2v) is 6.93. The van der Waals surface area contributed by atoms with Crippen LogP contribution in [-0.4, -0.2) is 18.6 Å². The Labute approximate surface area is 142 Å². The highest BCUT2D eigenvalue weighted by atomic mass is 79.9. The first-order chi connectivity index (χ1) is 10.7. The standard InChI is InChI=1S/C16H20BrF3N2O/c1-15(12-10-11(17)4-5-13(12)18)6-2-7-16(19,20)8-3-9-23-14(21)22-15/h4-5,10H,2-3,6-9H2,1H3,(H2,21,22)/t15-/m0/s1. The summed E-state index contributed by atoms with van der Waals surface area (Å²) in [5, 5.41) is 0. The second-order valence-electron chi connectivity index (χ2n) is 6.01. The summed E-state index contributed by atoms with van der Waals surface area (Å²) in [6.45, 7) is 1.76. The fourth-order valence-corrected chi connectivity index (χ4v) is 3.12. The van der Waals surface area contributed by atoms with Gasteiger partial charge in [-0.25, -0.2) is 18.2 Å². The molecule has 2 N–H and O–H groups in total. The highest BCUT2D eigenvalue weighted by molar-refractivity contribution is 9.10. The number of aliphatic imine (C=N–C) groups is 1. The van der Waals surface area contributed by atoms with E-state index in [0.29, 0.717) is 10.0 Å². The number of halogens is 4. The zero-order valence-electron chi connectivity index (χ0n) is 12.9. The Morgan fingerprint density at radius 2 is 1.91 bits per heavy atom. The monoisotopic (exact) mass is 392 g/mol. The van der Waals surface area contributed by atoms with Crippen LogP contribution in [0.4, 0.5) is 13.2 Å². The smallest absolute Gasteiger partial charge is 0.282 e. The molecule has 0 bridgehead atoms. The van der Waals surface area contributed by atoms with Gasteiger partial charge in [0.2, 0.25) is 5.92 Å². The van der Waals surface area contributed by atoms with Gasteiger partial charge in [-0.1, -0.05) is 15.9 Å². The van der Waals surface area contributed by atoms with E-state index in [2.05, 4.69) is 20.9 Å². The molecule has 0 aliphatic carbocycles. The Hall–Kier alpha value is -1.24. The van der Waals surface area contributed by atoms with Crippen molar-refractivity contribution >= 4 is 22.0 Å². The van der Waals surface area contributed by atoms with E-state index in [1.807, 2.05) is 0 Å². The van der Waals surface area contributed by atoms with Crippen molar-refractivity contribution in [1.29, 1.82) is 0 Å². The van der Waals surface area contributed by atoms with Crippen molar-refractivity contribution in [2.75, 3.05) is 6.61 Å². The predicted molar refractivity (Wildman–Crippen MR) is 87.1 cm³/mol. The number of ether oxygens (including phenoxy) is 1. The SMILES string of the molecule is C[C@@]1(c2cc(Br)ccc2F)CCCC(F)(F)CCCOC(N)=N1. The van der Waals surface area contributed by atoms with Gasteiger partial charge in [-0.05, 0) is 44.4 Å². The van der Waals surface area contributed by atoms with Crippen LogP contribution in [0, 0.1) is 5.82 Å². The minimum absolute atomic E-state index is 0.0714. The summed E-state index contributed by atoms with van der Waals surface area (Å²) >= 11 is 3.30. The van der Waals surface area contributed by atoms with Crippen molar-refractivity contribution in [1.82, 2.24) is 0 Å². The molecule has 1 aromatic carbocycles. The highest BCUT2D eigenvalue weighted by Crippen LogP contribution is 2.37. The number of hydrogen-bond donors (Lipinski definition) is 1. The Morgan fingerprint density at radius 1 is 1.22 bits per heavy atom. The van der Waals surface area contributed by atoms with Gasteiger partial charge >= 0.3 is 0 Å². The summed E-state index contributed by atoms with van der Waals surface area (Å²) < 4.78 is 47.7. The lowest BCUT2D eigenvalue weighted by atomic mass is 9.86. The van der Waals surface area contributed by atoms with Gasteiger partial charge in [0.25, 0.3) is 6.02 Å². The van der Waals surface area contributed by atoms with Crippen LogP contribution in [0.15, 0.2) is 27.7 Å². The first-order valence-electron chi connectivity index (χ1n) is 7.53. The molecule has 1 aromatic rings. The molecule has 0 unspecified atom stereocenters. The van der Waals surface area contributed by atoms with E-state index in [-0.39, 0.29) is 44.7 Å². The Kier molecular flexibility index (Phi) is 5.60. The highest BCUT2D eigenvalue weighted by Gasteiger charge is 2.34. The zero-order chi connectivity index (χ0) is 17.1. The summed E-state index contributed by atoms with van der Waals surface area (Å²) in [6.07, 6.45) is 0.160. The molecule has 7 heteroatoms. The van der Waals surface area contributed by atoms with Crippen molar-refractivity contribution in [3.05, 3.63) is 34.1 Å². The van der Waals surface area contributed by atoms with Crippen molar-refractivity contribution in [3.8, 4) is 0 Å². The summed E-state index contributed by atoms with van der Waals surface area (Å²) in [7, 11) is 0. The fraction of sp³-hybridized carbons (Fsp3) is 0.562. The molecule has 1 atom stereocenters. The average molecular weight is 393 g/mol. The molecule has 0 amide bonds. The van der Waals surface area contributed by atoms with Crippen LogP contribution >= 0.6 is 15.9 Å². The maximum Gasteiger partial charge on any atom is 0.282 e. The molecule has 2 rings (SSSR count). The first kappa shape index (κ1) is 18.1. The number of alkyl halides is 2. The molecule has 128 valence electrons. The fourth-order valence-electron chi connectivity index (χ4n) is 2.76. The predicted octanol–water partition coefficient (Wildman–Crippen LogP) is 4.73. The van der Waals surface area contributed by atoms with E-state index in [9.17, 15) is 13.2 Å². The lowest BCUT2D eigenvalue weighted by Crippen LogP contribution is -2.27. The van der Waals surface area contributed by atoms with Gasteiger partial charge < -0.3 is 10.5 Å². The van der Waals surface area contributed by atoms with E-state index in [0.717, 1.165) is 0 Å². The van der Waals surface area contributed by atoms with Crippen LogP contribution in [0.1, 0.15) is 44.6 Å². The molecule has 0 saturated carbocycles. The topological polar surface area (TPSA) is 47.6 Å². The lowest BCUT2D eigenvalue weighted by molar-refractivity contribution is -0.0234. The molecule has 1 aliphatic rings. The van der Waals surface area contributed by atoms with E-state index < -0.39 is 17.3 Å². The van der Waals surface area contributed by atoms with Crippen LogP contribution < -0.4 is 5.73 Å². The molecule has 3 nitrogen and oxygen atoms in total. The molecular weight excluding hydrogens is 373 g/mol. The summed E-state index contributed by atoms with van der Waals surface area (Å²) in [6, 6.07) is 4.39. The maximum atomic E-state index is 14.3. The van der Waals surface area contributed by atoms with Crippen molar-refractivity contribution in [2.24, 2.45) is 10.7 Å². The van der Waals surface area contributed by atoms with E-state index in [1.165, 1.54) is 6.07 Å². The summed E-state index contributed by atoms with van der Waals surface area (Å²) in [5.74, 6) is -3.20. The van der Waals surface area contributed by atoms with E-state index in [1.54, 1.807) is 19.1 Å². The number of nitrogens with two attached hydrogens (primary N) is 1. The van der Waals surface area contributed by atoms with Crippen LogP contribution in [0.25, 0.3) is 0 Å². The Morgan fingerprint density at radius 3 is 2.65 bits per heavy atom. The number of benzene rings is 1. The summed E-state index contributed by atoms with van der Waals surface area (Å²) in [5.41, 5.74) is 5.00. The molecule has 0 radical (unpaired) electrons. The van der Waals surface area contributed by atoms with Gasteiger partial charge in [0, 0.05) is 22.9 Å². The molecule has 1 aliphatic heterocycles. The van der Waals surface area contributed by atoms with Gasteiger partial charge in [-0.2, -0.15) is 0 Å². The van der Waals surface area contributed by atoms with Crippen molar-refractivity contribution in [2.45, 2.75) is 50.5 Å². The molecule has 1 heterocycles. The molecule has 0 fully saturated rings.